The molecule has 0 saturated carbocycles. The summed E-state index contributed by atoms with van der Waals surface area (Å²) in [5.74, 6) is -0.845. The summed E-state index contributed by atoms with van der Waals surface area (Å²) in [5, 5.41) is 11.2. The molecular formula is C17H19ClINO3. The molecule has 2 N–H and O–H groups in total. The molecule has 0 radical (unpaired) electrons. The van der Waals surface area contributed by atoms with Crippen molar-refractivity contribution in [2.45, 2.75) is 45.1 Å². The number of hydrogen-bond donors (Lipinski definition) is 2. The number of fused-ring (bicyclic) bond motifs is 3. The SMILES string of the molecule is CCCC1(CC(=O)O)OCCc2c1[nH]c1c(Cl)cc(C)c(I)c21. The highest BCUT2D eigenvalue weighted by molar-refractivity contribution is 14.1. The van der Waals surface area contributed by atoms with E-state index >= 15 is 0 Å². The lowest BCUT2D eigenvalue weighted by molar-refractivity contribution is -0.149. The Hall–Kier alpha value is -0.790. The lowest BCUT2D eigenvalue weighted by Crippen LogP contribution is -2.37. The number of carboxylic acid groups (broad SMARTS) is 1. The van der Waals surface area contributed by atoms with Crippen molar-refractivity contribution >= 4 is 51.1 Å². The summed E-state index contributed by atoms with van der Waals surface area (Å²) in [6, 6.07) is 1.95. The number of aryl methyl sites for hydroxylation is 1. The molecule has 3 rings (SSSR count). The van der Waals surface area contributed by atoms with E-state index in [9.17, 15) is 9.90 Å². The third kappa shape index (κ3) is 2.76. The van der Waals surface area contributed by atoms with Crippen LogP contribution < -0.4 is 0 Å². The van der Waals surface area contributed by atoms with Crippen molar-refractivity contribution in [3.63, 3.8) is 0 Å². The van der Waals surface area contributed by atoms with E-state index in [1.807, 2.05) is 19.9 Å². The molecule has 6 heteroatoms. The average molecular weight is 448 g/mol. The van der Waals surface area contributed by atoms with Crippen LogP contribution in [0.2, 0.25) is 5.02 Å². The van der Waals surface area contributed by atoms with E-state index in [-0.39, 0.29) is 6.42 Å². The Morgan fingerprint density at radius 3 is 2.96 bits per heavy atom. The minimum atomic E-state index is -0.845. The van der Waals surface area contributed by atoms with Crippen LogP contribution in [0, 0.1) is 10.5 Å². The van der Waals surface area contributed by atoms with Crippen LogP contribution in [0.3, 0.4) is 0 Å². The number of carbonyl (C=O) groups is 1. The van der Waals surface area contributed by atoms with Crippen LogP contribution in [0.15, 0.2) is 6.07 Å². The first-order valence-electron chi connectivity index (χ1n) is 7.75. The van der Waals surface area contributed by atoms with Crippen molar-refractivity contribution in [1.29, 1.82) is 0 Å². The van der Waals surface area contributed by atoms with Crippen molar-refractivity contribution in [2.24, 2.45) is 0 Å². The summed E-state index contributed by atoms with van der Waals surface area (Å²) in [6.45, 7) is 4.63. The van der Waals surface area contributed by atoms with Crippen LogP contribution in [-0.4, -0.2) is 22.7 Å². The summed E-state index contributed by atoms with van der Waals surface area (Å²) >= 11 is 8.78. The molecule has 1 unspecified atom stereocenters. The molecule has 1 aromatic carbocycles. The molecular weight excluding hydrogens is 429 g/mol. The second kappa shape index (κ2) is 6.26. The molecule has 1 atom stereocenters. The molecule has 2 heterocycles. The monoisotopic (exact) mass is 447 g/mol. The fraction of sp³-hybridized carbons (Fsp3) is 0.471. The molecule has 0 saturated heterocycles. The lowest BCUT2D eigenvalue weighted by atomic mass is 9.85. The third-order valence-corrected chi connectivity index (χ3v) is 6.22. The zero-order chi connectivity index (χ0) is 16.8. The van der Waals surface area contributed by atoms with Crippen LogP contribution in [0.25, 0.3) is 10.9 Å². The van der Waals surface area contributed by atoms with Gasteiger partial charge in [-0.15, -0.1) is 0 Å². The molecule has 0 amide bonds. The molecule has 0 fully saturated rings. The number of hydrogen-bond acceptors (Lipinski definition) is 2. The molecule has 1 aliphatic rings. The number of rotatable bonds is 4. The second-order valence-corrected chi connectivity index (χ2v) is 7.62. The number of aromatic amines is 1. The normalized spacial score (nSPS) is 20.7. The number of aliphatic carboxylic acids is 1. The van der Waals surface area contributed by atoms with E-state index in [1.54, 1.807) is 0 Å². The van der Waals surface area contributed by atoms with Crippen LogP contribution in [0.1, 0.15) is 43.0 Å². The largest absolute Gasteiger partial charge is 0.481 e. The van der Waals surface area contributed by atoms with Crippen LogP contribution >= 0.6 is 34.2 Å². The number of aromatic nitrogens is 1. The maximum absolute atomic E-state index is 11.4. The van der Waals surface area contributed by atoms with Crippen LogP contribution in [-0.2, 0) is 21.6 Å². The summed E-state index contributed by atoms with van der Waals surface area (Å²) in [6.07, 6.45) is 2.27. The molecule has 124 valence electrons. The van der Waals surface area contributed by atoms with E-state index in [4.69, 9.17) is 16.3 Å². The minimum absolute atomic E-state index is 0.0339. The number of benzene rings is 1. The number of halogens is 2. The van der Waals surface area contributed by atoms with Crippen LogP contribution in [0.5, 0.6) is 0 Å². The van der Waals surface area contributed by atoms with Crippen molar-refractivity contribution < 1.29 is 14.6 Å². The van der Waals surface area contributed by atoms with E-state index in [1.165, 1.54) is 3.57 Å². The summed E-state index contributed by atoms with van der Waals surface area (Å²) < 4.78 is 7.19. The number of carboxylic acids is 1. The molecule has 4 nitrogen and oxygen atoms in total. The zero-order valence-electron chi connectivity index (χ0n) is 13.1. The van der Waals surface area contributed by atoms with E-state index in [0.717, 1.165) is 40.6 Å². The molecule has 23 heavy (non-hydrogen) atoms. The Morgan fingerprint density at radius 1 is 1.57 bits per heavy atom. The first-order valence-corrected chi connectivity index (χ1v) is 9.20. The van der Waals surface area contributed by atoms with Crippen molar-refractivity contribution in [3.05, 3.63) is 31.5 Å². The Kier molecular flexibility index (Phi) is 4.64. The van der Waals surface area contributed by atoms with E-state index < -0.39 is 11.6 Å². The van der Waals surface area contributed by atoms with E-state index in [2.05, 4.69) is 27.6 Å². The highest BCUT2D eigenvalue weighted by Crippen LogP contribution is 2.45. The smallest absolute Gasteiger partial charge is 0.306 e. The van der Waals surface area contributed by atoms with Gasteiger partial charge >= 0.3 is 5.97 Å². The fourth-order valence-electron chi connectivity index (χ4n) is 3.62. The summed E-state index contributed by atoms with van der Waals surface area (Å²) in [7, 11) is 0. The van der Waals surface area contributed by atoms with Gasteiger partial charge in [-0.3, -0.25) is 4.79 Å². The highest BCUT2D eigenvalue weighted by Gasteiger charge is 2.42. The van der Waals surface area contributed by atoms with Gasteiger partial charge < -0.3 is 14.8 Å². The van der Waals surface area contributed by atoms with Crippen molar-refractivity contribution in [2.75, 3.05) is 6.61 Å². The predicted molar refractivity (Wildman–Crippen MR) is 99.3 cm³/mol. The molecule has 0 aliphatic carbocycles. The molecule has 0 spiro atoms. The van der Waals surface area contributed by atoms with Gasteiger partial charge in [0.1, 0.15) is 5.60 Å². The van der Waals surface area contributed by atoms with Gasteiger partial charge in [-0.25, -0.2) is 0 Å². The lowest BCUT2D eigenvalue weighted by Gasteiger charge is -2.36. The molecule has 1 aromatic heterocycles. The van der Waals surface area contributed by atoms with Gasteiger partial charge in [-0.2, -0.15) is 0 Å². The molecule has 1 aliphatic heterocycles. The van der Waals surface area contributed by atoms with Crippen molar-refractivity contribution in [3.8, 4) is 0 Å². The second-order valence-electron chi connectivity index (χ2n) is 6.13. The van der Waals surface area contributed by atoms with Gasteiger partial charge in [0.2, 0.25) is 0 Å². The summed E-state index contributed by atoms with van der Waals surface area (Å²) in [4.78, 5) is 14.8. The number of ether oxygens (including phenoxy) is 1. The first kappa shape index (κ1) is 17.0. The number of nitrogens with one attached hydrogen (secondary N) is 1. The van der Waals surface area contributed by atoms with Crippen LogP contribution in [0.4, 0.5) is 0 Å². The first-order chi connectivity index (χ1) is 10.9. The van der Waals surface area contributed by atoms with Gasteiger partial charge in [-0.1, -0.05) is 24.9 Å². The quantitative estimate of drug-likeness (QED) is 0.663. The Bertz CT molecular complexity index is 786. The van der Waals surface area contributed by atoms with Gasteiger partial charge in [0.25, 0.3) is 0 Å². The topological polar surface area (TPSA) is 62.3 Å². The maximum atomic E-state index is 11.4. The predicted octanol–water partition coefficient (Wildman–Crippen LogP) is 4.78. The summed E-state index contributed by atoms with van der Waals surface area (Å²) in [5.41, 5.74) is 3.30. The average Bonchev–Trinajstić information content (AvgIpc) is 2.86. The Balaban J connectivity index is 2.30. The highest BCUT2D eigenvalue weighted by atomic mass is 127. The molecule has 0 bridgehead atoms. The minimum Gasteiger partial charge on any atom is -0.481 e. The van der Waals surface area contributed by atoms with Gasteiger partial charge in [0.15, 0.2) is 0 Å². The Labute approximate surface area is 153 Å². The fourth-order valence-corrected chi connectivity index (χ4v) is 4.67. The van der Waals surface area contributed by atoms with Gasteiger partial charge in [0.05, 0.1) is 29.3 Å². The van der Waals surface area contributed by atoms with Gasteiger partial charge in [0, 0.05) is 8.96 Å². The standard InChI is InChI=1S/C17H19ClINO3/c1-3-5-17(8-12(21)22)16-10(4-6-23-17)13-14(19)9(2)7-11(18)15(13)20-16/h7,20H,3-6,8H2,1-2H3,(H,21,22). The molecule has 2 aromatic rings. The maximum Gasteiger partial charge on any atom is 0.306 e. The van der Waals surface area contributed by atoms with Gasteiger partial charge in [-0.05, 0) is 59.5 Å². The van der Waals surface area contributed by atoms with E-state index in [0.29, 0.717) is 18.1 Å². The number of H-pyrrole nitrogens is 1. The Morgan fingerprint density at radius 2 is 2.30 bits per heavy atom. The third-order valence-electron chi connectivity index (χ3n) is 4.53. The zero-order valence-corrected chi connectivity index (χ0v) is 16.0. The van der Waals surface area contributed by atoms with Crippen molar-refractivity contribution in [1.82, 2.24) is 4.98 Å².